The molecule has 0 saturated heterocycles. The van der Waals surface area contributed by atoms with Crippen LogP contribution in [0.25, 0.3) is 0 Å². The van der Waals surface area contributed by atoms with Crippen molar-refractivity contribution in [1.29, 1.82) is 0 Å². The summed E-state index contributed by atoms with van der Waals surface area (Å²) in [6.45, 7) is 7.23. The zero-order valence-electron chi connectivity index (χ0n) is 11.1. The molecule has 0 aliphatic carbocycles. The second-order valence-corrected chi connectivity index (χ2v) is 6.28. The Morgan fingerprint density at radius 3 is 2.56 bits per heavy atom. The summed E-state index contributed by atoms with van der Waals surface area (Å²) in [5, 5.41) is 14.7. The number of aliphatic hydroxyl groups is 1. The average Bonchev–Trinajstić information content (AvgIpc) is 2.19. The molecule has 18 heavy (non-hydrogen) atoms. The van der Waals surface area contributed by atoms with Gasteiger partial charge in [-0.1, -0.05) is 43.1 Å². The lowest BCUT2D eigenvalue weighted by atomic mass is 9.94. The highest BCUT2D eigenvalue weighted by Crippen LogP contribution is 2.21. The number of hydrogen-bond donors (Lipinski definition) is 2. The fourth-order valence-electron chi connectivity index (χ4n) is 2.08. The van der Waals surface area contributed by atoms with Crippen molar-refractivity contribution in [3.8, 4) is 0 Å². The van der Waals surface area contributed by atoms with E-state index in [0.29, 0.717) is 29.1 Å². The van der Waals surface area contributed by atoms with E-state index in [2.05, 4.69) is 19.2 Å². The van der Waals surface area contributed by atoms with Gasteiger partial charge in [-0.15, -0.1) is 0 Å². The molecule has 0 saturated carbocycles. The lowest BCUT2D eigenvalue weighted by molar-refractivity contribution is 0.0383. The van der Waals surface area contributed by atoms with Gasteiger partial charge in [0.15, 0.2) is 0 Å². The number of hydrogen-bond acceptors (Lipinski definition) is 2. The molecule has 1 rings (SSSR count). The van der Waals surface area contributed by atoms with Crippen molar-refractivity contribution in [3.05, 3.63) is 33.8 Å². The molecule has 0 aromatic heterocycles. The van der Waals surface area contributed by atoms with Crippen LogP contribution in [0.15, 0.2) is 18.2 Å². The van der Waals surface area contributed by atoms with Gasteiger partial charge in [-0.3, -0.25) is 0 Å². The van der Waals surface area contributed by atoms with Crippen LogP contribution in [0.2, 0.25) is 10.0 Å². The van der Waals surface area contributed by atoms with Crippen LogP contribution in [-0.2, 0) is 6.54 Å². The quantitative estimate of drug-likeness (QED) is 0.833. The summed E-state index contributed by atoms with van der Waals surface area (Å²) in [6, 6.07) is 5.44. The van der Waals surface area contributed by atoms with E-state index in [4.69, 9.17) is 23.2 Å². The Labute approximate surface area is 119 Å². The molecule has 4 heteroatoms. The van der Waals surface area contributed by atoms with Gasteiger partial charge < -0.3 is 10.4 Å². The van der Waals surface area contributed by atoms with Crippen LogP contribution < -0.4 is 5.32 Å². The summed E-state index contributed by atoms with van der Waals surface area (Å²) in [4.78, 5) is 0. The first-order chi connectivity index (χ1) is 8.30. The Bertz CT molecular complexity index is 391. The number of benzene rings is 1. The van der Waals surface area contributed by atoms with Gasteiger partial charge in [0.05, 0.1) is 5.60 Å². The second-order valence-electron chi connectivity index (χ2n) is 5.43. The first kappa shape index (κ1) is 15.8. The molecule has 0 heterocycles. The van der Waals surface area contributed by atoms with Crippen molar-refractivity contribution in [2.45, 2.75) is 39.3 Å². The maximum atomic E-state index is 10.2. The fourth-order valence-corrected chi connectivity index (χ4v) is 2.56. The summed E-state index contributed by atoms with van der Waals surface area (Å²) in [5.41, 5.74) is 0.300. The van der Waals surface area contributed by atoms with Gasteiger partial charge in [-0.2, -0.15) is 0 Å². The molecule has 0 fully saturated rings. The molecule has 2 nitrogen and oxygen atoms in total. The monoisotopic (exact) mass is 289 g/mol. The lowest BCUT2D eigenvalue weighted by Crippen LogP contribution is -2.38. The molecule has 1 unspecified atom stereocenters. The van der Waals surface area contributed by atoms with Gasteiger partial charge in [0.2, 0.25) is 0 Å². The maximum Gasteiger partial charge on any atom is 0.0746 e. The topological polar surface area (TPSA) is 32.3 Å². The minimum Gasteiger partial charge on any atom is -0.389 e. The van der Waals surface area contributed by atoms with Gasteiger partial charge in [0.1, 0.15) is 0 Å². The molecule has 0 amide bonds. The molecule has 2 N–H and O–H groups in total. The smallest absolute Gasteiger partial charge is 0.0746 e. The second kappa shape index (κ2) is 6.76. The molecule has 102 valence electrons. The van der Waals surface area contributed by atoms with Crippen LogP contribution in [0.5, 0.6) is 0 Å². The Morgan fingerprint density at radius 1 is 1.33 bits per heavy atom. The van der Waals surface area contributed by atoms with Gasteiger partial charge in [0, 0.05) is 23.1 Å². The molecule has 1 atom stereocenters. The molecule has 0 spiro atoms. The zero-order chi connectivity index (χ0) is 13.8. The zero-order valence-corrected chi connectivity index (χ0v) is 12.6. The third-order valence-corrected chi connectivity index (χ3v) is 3.27. The first-order valence-electron chi connectivity index (χ1n) is 6.17. The normalized spacial score (nSPS) is 14.8. The van der Waals surface area contributed by atoms with Gasteiger partial charge in [-0.25, -0.2) is 0 Å². The van der Waals surface area contributed by atoms with Crippen LogP contribution in [-0.4, -0.2) is 17.3 Å². The van der Waals surface area contributed by atoms with Crippen molar-refractivity contribution in [2.24, 2.45) is 5.92 Å². The SMILES string of the molecule is CC(C)CC(C)(O)CNCc1ccc(Cl)cc1Cl. The first-order valence-corrected chi connectivity index (χ1v) is 6.93. The summed E-state index contributed by atoms with van der Waals surface area (Å²) in [6.07, 6.45) is 0.772. The van der Waals surface area contributed by atoms with Crippen molar-refractivity contribution in [1.82, 2.24) is 5.32 Å². The van der Waals surface area contributed by atoms with E-state index in [1.165, 1.54) is 0 Å². The molecule has 0 bridgehead atoms. The van der Waals surface area contributed by atoms with Crippen LogP contribution in [0.3, 0.4) is 0 Å². The summed E-state index contributed by atoms with van der Waals surface area (Å²) in [5.74, 6) is 0.473. The van der Waals surface area contributed by atoms with E-state index in [1.54, 1.807) is 6.07 Å². The molecule has 1 aromatic carbocycles. The van der Waals surface area contributed by atoms with E-state index in [1.807, 2.05) is 19.1 Å². The predicted molar refractivity (Wildman–Crippen MR) is 78.2 cm³/mol. The Kier molecular flexibility index (Phi) is 5.93. The van der Waals surface area contributed by atoms with Gasteiger partial charge in [0.25, 0.3) is 0 Å². The van der Waals surface area contributed by atoms with Gasteiger partial charge >= 0.3 is 0 Å². The van der Waals surface area contributed by atoms with Crippen LogP contribution in [0.4, 0.5) is 0 Å². The summed E-state index contributed by atoms with van der Waals surface area (Å²) < 4.78 is 0. The summed E-state index contributed by atoms with van der Waals surface area (Å²) >= 11 is 11.9. The number of nitrogens with one attached hydrogen (secondary N) is 1. The highest BCUT2D eigenvalue weighted by molar-refractivity contribution is 6.35. The molecule has 0 aliphatic rings. The van der Waals surface area contributed by atoms with Crippen molar-refractivity contribution < 1.29 is 5.11 Å². The molecule has 0 radical (unpaired) electrons. The minimum atomic E-state index is -0.687. The van der Waals surface area contributed by atoms with Crippen molar-refractivity contribution in [3.63, 3.8) is 0 Å². The Morgan fingerprint density at radius 2 is 2.00 bits per heavy atom. The average molecular weight is 290 g/mol. The van der Waals surface area contributed by atoms with E-state index in [0.717, 1.165) is 12.0 Å². The molecular formula is C14H21Cl2NO. The van der Waals surface area contributed by atoms with Crippen molar-refractivity contribution >= 4 is 23.2 Å². The largest absolute Gasteiger partial charge is 0.389 e. The molecule has 1 aromatic rings. The number of rotatable bonds is 6. The van der Waals surface area contributed by atoms with Crippen LogP contribution in [0, 0.1) is 5.92 Å². The fraction of sp³-hybridized carbons (Fsp3) is 0.571. The Hall–Kier alpha value is -0.280. The van der Waals surface area contributed by atoms with Crippen molar-refractivity contribution in [2.75, 3.05) is 6.54 Å². The van der Waals surface area contributed by atoms with E-state index < -0.39 is 5.60 Å². The summed E-state index contributed by atoms with van der Waals surface area (Å²) in [7, 11) is 0. The third kappa shape index (κ3) is 5.57. The van der Waals surface area contributed by atoms with E-state index in [9.17, 15) is 5.11 Å². The number of halogens is 2. The van der Waals surface area contributed by atoms with E-state index in [-0.39, 0.29) is 0 Å². The van der Waals surface area contributed by atoms with Crippen LogP contribution in [0.1, 0.15) is 32.8 Å². The van der Waals surface area contributed by atoms with E-state index >= 15 is 0 Å². The third-order valence-electron chi connectivity index (χ3n) is 2.68. The minimum absolute atomic E-state index is 0.473. The van der Waals surface area contributed by atoms with Gasteiger partial charge in [-0.05, 0) is 37.0 Å². The highest BCUT2D eigenvalue weighted by atomic mass is 35.5. The Balaban J connectivity index is 2.46. The molecule has 0 aliphatic heterocycles. The van der Waals surface area contributed by atoms with Crippen LogP contribution >= 0.6 is 23.2 Å². The highest BCUT2D eigenvalue weighted by Gasteiger charge is 2.21. The standard InChI is InChI=1S/C14H21Cl2NO/c1-10(2)7-14(3,18)9-17-8-11-4-5-12(15)6-13(11)16/h4-6,10,17-18H,7-9H2,1-3H3. The molecular weight excluding hydrogens is 269 g/mol. The maximum absolute atomic E-state index is 10.2. The lowest BCUT2D eigenvalue weighted by Gasteiger charge is -2.25. The predicted octanol–water partition coefficient (Wildman–Crippen LogP) is 3.88.